The van der Waals surface area contributed by atoms with Crippen LogP contribution in [0.25, 0.3) is 0 Å². The van der Waals surface area contributed by atoms with Crippen molar-refractivity contribution >= 4 is 5.91 Å². The average Bonchev–Trinajstić information content (AvgIpc) is 2.52. The first kappa shape index (κ1) is 18.6. The fourth-order valence-electron chi connectivity index (χ4n) is 2.05. The van der Waals surface area contributed by atoms with Crippen molar-refractivity contribution in [1.82, 2.24) is 5.32 Å². The standard InChI is InChI=1S/C18H18F3NO3/c1-12(2)24-15-9-5-14(6-10-15)17(23)22-11-13-3-7-16(8-4-13)25-18(19,20)21/h3-10,12H,11H2,1-2H3,(H,22,23). The molecule has 0 spiro atoms. The molecule has 0 saturated carbocycles. The minimum atomic E-state index is -4.72. The molecule has 0 atom stereocenters. The lowest BCUT2D eigenvalue weighted by Crippen LogP contribution is -2.22. The lowest BCUT2D eigenvalue weighted by molar-refractivity contribution is -0.274. The Labute approximate surface area is 143 Å². The number of carbonyl (C=O) groups excluding carboxylic acids is 1. The number of benzene rings is 2. The van der Waals surface area contributed by atoms with Crippen LogP contribution in [-0.2, 0) is 6.54 Å². The normalized spacial score (nSPS) is 11.3. The Kier molecular flexibility index (Phi) is 5.90. The van der Waals surface area contributed by atoms with Crippen LogP contribution in [0.3, 0.4) is 0 Å². The highest BCUT2D eigenvalue weighted by atomic mass is 19.4. The van der Waals surface area contributed by atoms with Crippen LogP contribution in [-0.4, -0.2) is 18.4 Å². The smallest absolute Gasteiger partial charge is 0.491 e. The third-order valence-electron chi connectivity index (χ3n) is 3.10. The molecule has 0 unspecified atom stereocenters. The van der Waals surface area contributed by atoms with E-state index < -0.39 is 6.36 Å². The Bertz CT molecular complexity index is 695. The fraction of sp³-hybridized carbons (Fsp3) is 0.278. The van der Waals surface area contributed by atoms with Gasteiger partial charge in [-0.15, -0.1) is 13.2 Å². The van der Waals surface area contributed by atoms with Crippen molar-refractivity contribution in [2.24, 2.45) is 0 Å². The molecule has 0 aliphatic carbocycles. The van der Waals surface area contributed by atoms with Crippen LogP contribution in [0.1, 0.15) is 29.8 Å². The molecule has 0 fully saturated rings. The molecule has 4 nitrogen and oxygen atoms in total. The highest BCUT2D eigenvalue weighted by Gasteiger charge is 2.30. The first-order valence-electron chi connectivity index (χ1n) is 7.62. The molecule has 1 N–H and O–H groups in total. The van der Waals surface area contributed by atoms with Crippen molar-refractivity contribution in [2.75, 3.05) is 0 Å². The molecule has 2 aromatic carbocycles. The first-order chi connectivity index (χ1) is 11.7. The molecule has 0 heterocycles. The Balaban J connectivity index is 1.89. The molecule has 0 aliphatic heterocycles. The molecule has 0 radical (unpaired) electrons. The fourth-order valence-corrected chi connectivity index (χ4v) is 2.05. The molecular formula is C18H18F3NO3. The van der Waals surface area contributed by atoms with E-state index in [0.29, 0.717) is 16.9 Å². The second-order valence-electron chi connectivity index (χ2n) is 5.57. The number of alkyl halides is 3. The molecule has 2 aromatic rings. The maximum absolute atomic E-state index is 12.1. The summed E-state index contributed by atoms with van der Waals surface area (Å²) in [6.07, 6.45) is -4.68. The van der Waals surface area contributed by atoms with Gasteiger partial charge in [0.1, 0.15) is 11.5 Å². The number of halogens is 3. The highest BCUT2D eigenvalue weighted by molar-refractivity contribution is 5.94. The van der Waals surface area contributed by atoms with E-state index in [9.17, 15) is 18.0 Å². The summed E-state index contributed by atoms with van der Waals surface area (Å²) in [6, 6.07) is 12.0. The van der Waals surface area contributed by atoms with Crippen molar-refractivity contribution in [2.45, 2.75) is 32.9 Å². The summed E-state index contributed by atoms with van der Waals surface area (Å²) in [6.45, 7) is 4.01. The van der Waals surface area contributed by atoms with Gasteiger partial charge in [-0.2, -0.15) is 0 Å². The van der Waals surface area contributed by atoms with E-state index >= 15 is 0 Å². The Hall–Kier alpha value is -2.70. The van der Waals surface area contributed by atoms with E-state index in [0.717, 1.165) is 0 Å². The molecule has 1 amide bonds. The minimum Gasteiger partial charge on any atom is -0.491 e. The SMILES string of the molecule is CC(C)Oc1ccc(C(=O)NCc2ccc(OC(F)(F)F)cc2)cc1. The van der Waals surface area contributed by atoms with Crippen molar-refractivity contribution < 1.29 is 27.4 Å². The Morgan fingerprint density at radius 3 is 2.08 bits per heavy atom. The van der Waals surface area contributed by atoms with Crippen molar-refractivity contribution in [3.05, 3.63) is 59.7 Å². The predicted octanol–water partition coefficient (Wildman–Crippen LogP) is 4.30. The number of carbonyl (C=O) groups is 1. The number of hydrogen-bond donors (Lipinski definition) is 1. The molecular weight excluding hydrogens is 335 g/mol. The molecule has 7 heteroatoms. The third kappa shape index (κ3) is 6.37. The zero-order valence-corrected chi connectivity index (χ0v) is 13.8. The summed E-state index contributed by atoms with van der Waals surface area (Å²) in [5.74, 6) is 0.0850. The van der Waals surface area contributed by atoms with Gasteiger partial charge in [0.25, 0.3) is 5.91 Å². The van der Waals surface area contributed by atoms with Crippen LogP contribution in [0.5, 0.6) is 11.5 Å². The largest absolute Gasteiger partial charge is 0.573 e. The summed E-state index contributed by atoms with van der Waals surface area (Å²) < 4.78 is 45.6. The zero-order chi connectivity index (χ0) is 18.4. The lowest BCUT2D eigenvalue weighted by Gasteiger charge is -2.11. The second kappa shape index (κ2) is 7.92. The molecule has 0 saturated heterocycles. The summed E-state index contributed by atoms with van der Waals surface area (Å²) in [5, 5.41) is 2.70. The number of ether oxygens (including phenoxy) is 2. The maximum atomic E-state index is 12.1. The van der Waals surface area contributed by atoms with Gasteiger partial charge in [0.05, 0.1) is 6.10 Å². The van der Waals surface area contributed by atoms with Gasteiger partial charge in [-0.05, 0) is 55.8 Å². The van der Waals surface area contributed by atoms with Gasteiger partial charge in [-0.3, -0.25) is 4.79 Å². The molecule has 0 aliphatic rings. The quantitative estimate of drug-likeness (QED) is 0.842. The van der Waals surface area contributed by atoms with E-state index in [1.807, 2.05) is 13.8 Å². The number of nitrogens with one attached hydrogen (secondary N) is 1. The monoisotopic (exact) mass is 353 g/mol. The van der Waals surface area contributed by atoms with Crippen molar-refractivity contribution in [3.8, 4) is 11.5 Å². The maximum Gasteiger partial charge on any atom is 0.573 e. The van der Waals surface area contributed by atoms with E-state index in [1.165, 1.54) is 24.3 Å². The van der Waals surface area contributed by atoms with E-state index in [4.69, 9.17) is 4.74 Å². The van der Waals surface area contributed by atoms with Crippen molar-refractivity contribution in [1.29, 1.82) is 0 Å². The number of rotatable bonds is 6. The second-order valence-corrected chi connectivity index (χ2v) is 5.57. The third-order valence-corrected chi connectivity index (χ3v) is 3.10. The van der Waals surface area contributed by atoms with Crippen LogP contribution in [0.4, 0.5) is 13.2 Å². The van der Waals surface area contributed by atoms with Gasteiger partial charge >= 0.3 is 6.36 Å². The summed E-state index contributed by atoms with van der Waals surface area (Å²) in [5.41, 5.74) is 1.12. The summed E-state index contributed by atoms with van der Waals surface area (Å²) in [7, 11) is 0. The molecule has 0 aromatic heterocycles. The molecule has 25 heavy (non-hydrogen) atoms. The zero-order valence-electron chi connectivity index (χ0n) is 13.8. The molecule has 2 rings (SSSR count). The minimum absolute atomic E-state index is 0.0453. The van der Waals surface area contributed by atoms with Crippen molar-refractivity contribution in [3.63, 3.8) is 0 Å². The van der Waals surface area contributed by atoms with Gasteiger partial charge in [-0.25, -0.2) is 0 Å². The Morgan fingerprint density at radius 2 is 1.56 bits per heavy atom. The van der Waals surface area contributed by atoms with Gasteiger partial charge < -0.3 is 14.8 Å². The average molecular weight is 353 g/mol. The molecule has 134 valence electrons. The van der Waals surface area contributed by atoms with Gasteiger partial charge in [0.15, 0.2) is 0 Å². The van der Waals surface area contributed by atoms with Crippen LogP contribution in [0, 0.1) is 0 Å². The summed E-state index contributed by atoms with van der Waals surface area (Å²) in [4.78, 5) is 12.1. The van der Waals surface area contributed by atoms with Gasteiger partial charge in [0.2, 0.25) is 0 Å². The van der Waals surface area contributed by atoms with Crippen LogP contribution in [0.15, 0.2) is 48.5 Å². The summed E-state index contributed by atoms with van der Waals surface area (Å²) >= 11 is 0. The lowest BCUT2D eigenvalue weighted by atomic mass is 10.2. The predicted molar refractivity (Wildman–Crippen MR) is 86.5 cm³/mol. The van der Waals surface area contributed by atoms with Crippen LogP contribution in [0.2, 0.25) is 0 Å². The number of hydrogen-bond acceptors (Lipinski definition) is 3. The van der Waals surface area contributed by atoms with E-state index in [-0.39, 0.29) is 24.3 Å². The number of amides is 1. The van der Waals surface area contributed by atoms with E-state index in [1.54, 1.807) is 24.3 Å². The highest BCUT2D eigenvalue weighted by Crippen LogP contribution is 2.22. The van der Waals surface area contributed by atoms with E-state index in [2.05, 4.69) is 10.1 Å². The topological polar surface area (TPSA) is 47.6 Å². The first-order valence-corrected chi connectivity index (χ1v) is 7.62. The van der Waals surface area contributed by atoms with Gasteiger partial charge in [-0.1, -0.05) is 12.1 Å². The molecule has 0 bridgehead atoms. The Morgan fingerprint density at radius 1 is 1.00 bits per heavy atom. The van der Waals surface area contributed by atoms with Crippen LogP contribution < -0.4 is 14.8 Å². The van der Waals surface area contributed by atoms with Crippen LogP contribution >= 0.6 is 0 Å². The van der Waals surface area contributed by atoms with Gasteiger partial charge in [0, 0.05) is 12.1 Å².